The van der Waals surface area contributed by atoms with Gasteiger partial charge < -0.3 is 20.3 Å². The van der Waals surface area contributed by atoms with Crippen molar-refractivity contribution in [1.82, 2.24) is 15.5 Å². The highest BCUT2D eigenvalue weighted by Crippen LogP contribution is 2.36. The Morgan fingerprint density at radius 1 is 1.37 bits per heavy atom. The van der Waals surface area contributed by atoms with Crippen molar-refractivity contribution in [3.8, 4) is 0 Å². The van der Waals surface area contributed by atoms with Crippen molar-refractivity contribution in [3.05, 3.63) is 0 Å². The van der Waals surface area contributed by atoms with Crippen LogP contribution in [0.15, 0.2) is 0 Å². The predicted octanol–water partition coefficient (Wildman–Crippen LogP) is -0.0362. The summed E-state index contributed by atoms with van der Waals surface area (Å²) in [6, 6.07) is 1.49. The Morgan fingerprint density at radius 2 is 2.11 bits per heavy atom. The molecule has 3 aliphatic rings. The summed E-state index contributed by atoms with van der Waals surface area (Å²) in [5, 5.41) is 6.27. The van der Waals surface area contributed by atoms with Crippen LogP contribution in [0.3, 0.4) is 0 Å². The van der Waals surface area contributed by atoms with Gasteiger partial charge in [0.15, 0.2) is 0 Å². The van der Waals surface area contributed by atoms with Gasteiger partial charge in [0.05, 0.1) is 6.61 Å². The van der Waals surface area contributed by atoms with Crippen LogP contribution < -0.4 is 10.6 Å². The van der Waals surface area contributed by atoms with E-state index in [1.165, 1.54) is 25.7 Å². The lowest BCUT2D eigenvalue weighted by atomic mass is 9.91. The number of nitrogens with zero attached hydrogens (tertiary/aromatic N) is 1. The Labute approximate surface area is 115 Å². The van der Waals surface area contributed by atoms with Crippen LogP contribution in [0, 0.1) is 5.92 Å². The van der Waals surface area contributed by atoms with E-state index in [0.717, 1.165) is 25.2 Å². The molecular weight excluding hydrogens is 242 g/mol. The molecule has 0 saturated carbocycles. The molecule has 3 aliphatic heterocycles. The summed E-state index contributed by atoms with van der Waals surface area (Å²) in [6.45, 7) is 2.95. The van der Waals surface area contributed by atoms with Crippen molar-refractivity contribution in [3.63, 3.8) is 0 Å². The SMILES string of the molecule is CN1C2CCC1CC(CNC(=O)C1CNCCO1)C2. The Balaban J connectivity index is 1.44. The van der Waals surface area contributed by atoms with Crippen LogP contribution in [0.1, 0.15) is 25.7 Å². The first-order valence-electron chi connectivity index (χ1n) is 7.56. The van der Waals surface area contributed by atoms with Gasteiger partial charge >= 0.3 is 0 Å². The fraction of sp³-hybridized carbons (Fsp3) is 0.929. The van der Waals surface area contributed by atoms with E-state index in [2.05, 4.69) is 22.6 Å². The molecule has 3 fully saturated rings. The summed E-state index contributed by atoms with van der Waals surface area (Å²) in [4.78, 5) is 14.5. The smallest absolute Gasteiger partial charge is 0.250 e. The number of rotatable bonds is 3. The first-order valence-corrected chi connectivity index (χ1v) is 7.56. The number of amides is 1. The second-order valence-corrected chi connectivity index (χ2v) is 6.20. The van der Waals surface area contributed by atoms with Gasteiger partial charge in [0, 0.05) is 31.7 Å². The Hall–Kier alpha value is -0.650. The number of hydrogen-bond acceptors (Lipinski definition) is 4. The maximum atomic E-state index is 12.0. The molecule has 1 amide bonds. The highest BCUT2D eigenvalue weighted by atomic mass is 16.5. The fourth-order valence-corrected chi connectivity index (χ4v) is 3.78. The molecule has 3 rings (SSSR count). The Bertz CT molecular complexity index is 317. The summed E-state index contributed by atoms with van der Waals surface area (Å²) in [6.07, 6.45) is 4.84. The molecule has 5 heteroatoms. The highest BCUT2D eigenvalue weighted by molar-refractivity contribution is 5.81. The maximum Gasteiger partial charge on any atom is 0.250 e. The molecule has 0 aromatic heterocycles. The number of ether oxygens (including phenoxy) is 1. The minimum absolute atomic E-state index is 0.0541. The van der Waals surface area contributed by atoms with Crippen molar-refractivity contribution in [2.75, 3.05) is 33.3 Å². The first-order chi connectivity index (χ1) is 9.24. The van der Waals surface area contributed by atoms with Gasteiger partial charge in [-0.1, -0.05) is 0 Å². The molecule has 3 heterocycles. The lowest BCUT2D eigenvalue weighted by Crippen LogP contribution is -2.49. The van der Waals surface area contributed by atoms with Crippen LogP contribution in [-0.2, 0) is 9.53 Å². The molecule has 108 valence electrons. The van der Waals surface area contributed by atoms with E-state index in [1.807, 2.05) is 0 Å². The Kier molecular flexibility index (Phi) is 4.05. The molecule has 0 aromatic carbocycles. The molecule has 0 spiro atoms. The largest absolute Gasteiger partial charge is 0.366 e. The number of nitrogens with one attached hydrogen (secondary N) is 2. The number of carbonyl (C=O) groups is 1. The molecule has 5 nitrogen and oxygen atoms in total. The van der Waals surface area contributed by atoms with Crippen LogP contribution in [0.25, 0.3) is 0 Å². The zero-order chi connectivity index (χ0) is 13.2. The summed E-state index contributed by atoms with van der Waals surface area (Å²) in [5.74, 6) is 0.702. The van der Waals surface area contributed by atoms with E-state index in [0.29, 0.717) is 19.1 Å². The quantitative estimate of drug-likeness (QED) is 0.754. The van der Waals surface area contributed by atoms with Crippen molar-refractivity contribution in [2.45, 2.75) is 43.9 Å². The van der Waals surface area contributed by atoms with Gasteiger partial charge in [-0.2, -0.15) is 0 Å². The van der Waals surface area contributed by atoms with E-state index in [4.69, 9.17) is 4.74 Å². The molecule has 3 atom stereocenters. The maximum absolute atomic E-state index is 12.0. The summed E-state index contributed by atoms with van der Waals surface area (Å²) in [7, 11) is 2.25. The third kappa shape index (κ3) is 2.93. The van der Waals surface area contributed by atoms with Gasteiger partial charge in [-0.15, -0.1) is 0 Å². The molecule has 3 unspecified atom stereocenters. The van der Waals surface area contributed by atoms with Crippen molar-refractivity contribution < 1.29 is 9.53 Å². The van der Waals surface area contributed by atoms with Gasteiger partial charge in [-0.3, -0.25) is 4.79 Å². The zero-order valence-electron chi connectivity index (χ0n) is 11.7. The lowest BCUT2D eigenvalue weighted by Gasteiger charge is -2.36. The first kappa shape index (κ1) is 13.3. The topological polar surface area (TPSA) is 53.6 Å². The van der Waals surface area contributed by atoms with Crippen LogP contribution in [-0.4, -0.2) is 62.3 Å². The lowest BCUT2D eigenvalue weighted by molar-refractivity contribution is -0.134. The van der Waals surface area contributed by atoms with Crippen LogP contribution in [0.4, 0.5) is 0 Å². The van der Waals surface area contributed by atoms with E-state index in [-0.39, 0.29) is 12.0 Å². The molecule has 19 heavy (non-hydrogen) atoms. The third-order valence-corrected chi connectivity index (χ3v) is 4.98. The Morgan fingerprint density at radius 3 is 2.74 bits per heavy atom. The number of morpholine rings is 1. The van der Waals surface area contributed by atoms with Crippen LogP contribution in [0.2, 0.25) is 0 Å². The molecule has 0 radical (unpaired) electrons. The average Bonchev–Trinajstić information content (AvgIpc) is 2.68. The molecule has 0 aromatic rings. The summed E-state index contributed by atoms with van der Waals surface area (Å²) in [5.41, 5.74) is 0. The second-order valence-electron chi connectivity index (χ2n) is 6.20. The minimum Gasteiger partial charge on any atom is -0.366 e. The number of carbonyl (C=O) groups excluding carboxylic acids is 1. The fourth-order valence-electron chi connectivity index (χ4n) is 3.78. The molecule has 0 aliphatic carbocycles. The standard InChI is InChI=1S/C14H25N3O2/c1-17-11-2-3-12(17)7-10(6-11)8-16-14(18)13-9-15-4-5-19-13/h10-13,15H,2-9H2,1H3,(H,16,18). The number of fused-ring (bicyclic) bond motifs is 2. The number of piperidine rings is 1. The van der Waals surface area contributed by atoms with E-state index < -0.39 is 0 Å². The normalized spacial score (nSPS) is 39.2. The van der Waals surface area contributed by atoms with E-state index >= 15 is 0 Å². The van der Waals surface area contributed by atoms with Gasteiger partial charge in [0.1, 0.15) is 6.10 Å². The van der Waals surface area contributed by atoms with Crippen LogP contribution in [0.5, 0.6) is 0 Å². The molecule has 2 bridgehead atoms. The highest BCUT2D eigenvalue weighted by Gasteiger charge is 2.38. The predicted molar refractivity (Wildman–Crippen MR) is 72.9 cm³/mol. The van der Waals surface area contributed by atoms with Gasteiger partial charge in [-0.25, -0.2) is 0 Å². The second kappa shape index (κ2) is 5.77. The third-order valence-electron chi connectivity index (χ3n) is 4.98. The van der Waals surface area contributed by atoms with Crippen molar-refractivity contribution >= 4 is 5.91 Å². The van der Waals surface area contributed by atoms with E-state index in [1.54, 1.807) is 0 Å². The molecule has 3 saturated heterocycles. The van der Waals surface area contributed by atoms with Crippen molar-refractivity contribution in [2.24, 2.45) is 5.92 Å². The minimum atomic E-state index is -0.295. The van der Waals surface area contributed by atoms with E-state index in [9.17, 15) is 4.79 Å². The van der Waals surface area contributed by atoms with Gasteiger partial charge in [0.25, 0.3) is 0 Å². The van der Waals surface area contributed by atoms with Crippen molar-refractivity contribution in [1.29, 1.82) is 0 Å². The zero-order valence-corrected chi connectivity index (χ0v) is 11.7. The van der Waals surface area contributed by atoms with Crippen LogP contribution >= 0.6 is 0 Å². The summed E-state index contributed by atoms with van der Waals surface area (Å²) >= 11 is 0. The monoisotopic (exact) mass is 267 g/mol. The molecular formula is C14H25N3O2. The molecule has 2 N–H and O–H groups in total. The van der Waals surface area contributed by atoms with Gasteiger partial charge in [0.2, 0.25) is 5.91 Å². The summed E-state index contributed by atoms with van der Waals surface area (Å²) < 4.78 is 5.47. The average molecular weight is 267 g/mol. The van der Waals surface area contributed by atoms with Gasteiger partial charge in [-0.05, 0) is 38.6 Å². The number of hydrogen-bond donors (Lipinski definition) is 2.